The van der Waals surface area contributed by atoms with E-state index in [1.54, 1.807) is 0 Å². The number of nitrogens with zero attached hydrogens (tertiary/aromatic N) is 4. The van der Waals surface area contributed by atoms with Crippen LogP contribution in [0.15, 0.2) is 29.4 Å². The van der Waals surface area contributed by atoms with Crippen LogP contribution in [0.2, 0.25) is 0 Å². The van der Waals surface area contributed by atoms with E-state index in [0.717, 1.165) is 38.0 Å². The summed E-state index contributed by atoms with van der Waals surface area (Å²) in [7, 11) is 1.81. The molecule has 154 valence electrons. The minimum Gasteiger partial charge on any atom is -0.354 e. The molecule has 2 aliphatic rings. The fourth-order valence-corrected chi connectivity index (χ4v) is 4.12. The molecule has 0 radical (unpaired) electrons. The molecular weight excluding hydrogens is 352 g/mol. The van der Waals surface area contributed by atoms with E-state index in [9.17, 15) is 4.79 Å². The van der Waals surface area contributed by atoms with Gasteiger partial charge in [0.25, 0.3) is 0 Å². The first kappa shape index (κ1) is 20.4. The average Bonchev–Trinajstić information content (AvgIpc) is 2.75. The first-order valence-electron chi connectivity index (χ1n) is 10.6. The Morgan fingerprint density at radius 3 is 2.54 bits per heavy atom. The fourth-order valence-electron chi connectivity index (χ4n) is 4.12. The van der Waals surface area contributed by atoms with Gasteiger partial charge in [-0.1, -0.05) is 25.3 Å². The number of aromatic nitrogens is 1. The summed E-state index contributed by atoms with van der Waals surface area (Å²) in [5.41, 5.74) is 0. The van der Waals surface area contributed by atoms with Crippen LogP contribution in [0.25, 0.3) is 0 Å². The van der Waals surface area contributed by atoms with Gasteiger partial charge in [-0.3, -0.25) is 9.79 Å². The van der Waals surface area contributed by atoms with Gasteiger partial charge in [-0.25, -0.2) is 4.98 Å². The summed E-state index contributed by atoms with van der Waals surface area (Å²) >= 11 is 0. The number of amides is 1. The van der Waals surface area contributed by atoms with E-state index in [1.165, 1.54) is 32.1 Å². The highest BCUT2D eigenvalue weighted by molar-refractivity contribution is 5.80. The Morgan fingerprint density at radius 1 is 1.11 bits per heavy atom. The van der Waals surface area contributed by atoms with Crippen LogP contribution >= 0.6 is 0 Å². The zero-order chi connectivity index (χ0) is 19.6. The van der Waals surface area contributed by atoms with Crippen LogP contribution in [0, 0.1) is 5.92 Å². The molecule has 1 aromatic heterocycles. The molecule has 2 heterocycles. The number of rotatable bonds is 6. The number of aliphatic imine (C=N–C) groups is 1. The molecule has 1 aliphatic heterocycles. The van der Waals surface area contributed by atoms with Gasteiger partial charge in [-0.15, -0.1) is 0 Å². The molecule has 1 aliphatic carbocycles. The number of guanidine groups is 1. The lowest BCUT2D eigenvalue weighted by atomic mass is 9.87. The van der Waals surface area contributed by atoms with Gasteiger partial charge in [0.15, 0.2) is 5.96 Å². The normalized spacial score (nSPS) is 18.8. The molecule has 0 aromatic carbocycles. The van der Waals surface area contributed by atoms with Crippen molar-refractivity contribution in [1.82, 2.24) is 20.5 Å². The van der Waals surface area contributed by atoms with Crippen LogP contribution in [-0.4, -0.2) is 68.1 Å². The zero-order valence-corrected chi connectivity index (χ0v) is 17.1. The highest BCUT2D eigenvalue weighted by atomic mass is 16.1. The Balaban J connectivity index is 1.33. The fraction of sp³-hybridized carbons (Fsp3) is 0.667. The molecule has 2 fully saturated rings. The number of nitrogens with one attached hydrogen (secondary N) is 2. The molecule has 7 nitrogen and oxygen atoms in total. The Kier molecular flexibility index (Phi) is 7.94. The van der Waals surface area contributed by atoms with Crippen molar-refractivity contribution in [3.05, 3.63) is 24.4 Å². The number of carbonyl (C=O) groups is 1. The summed E-state index contributed by atoms with van der Waals surface area (Å²) < 4.78 is 0. The largest absolute Gasteiger partial charge is 0.354 e. The number of piperazine rings is 1. The van der Waals surface area contributed by atoms with Gasteiger partial charge in [0.2, 0.25) is 5.91 Å². The van der Waals surface area contributed by atoms with Crippen LogP contribution in [0.4, 0.5) is 5.82 Å². The van der Waals surface area contributed by atoms with E-state index in [1.807, 2.05) is 25.4 Å². The van der Waals surface area contributed by atoms with Gasteiger partial charge >= 0.3 is 0 Å². The second kappa shape index (κ2) is 10.9. The molecule has 1 amide bonds. The maximum Gasteiger partial charge on any atom is 0.220 e. The van der Waals surface area contributed by atoms with E-state index < -0.39 is 0 Å². The lowest BCUT2D eigenvalue weighted by molar-refractivity contribution is -0.122. The number of hydrogen-bond acceptors (Lipinski definition) is 4. The van der Waals surface area contributed by atoms with Gasteiger partial charge < -0.3 is 20.4 Å². The molecule has 2 N–H and O–H groups in total. The van der Waals surface area contributed by atoms with Gasteiger partial charge in [-0.05, 0) is 30.9 Å². The SMILES string of the molecule is CN=C(NCCNC(=O)CC1CCCCC1)N1CCN(c2ccccn2)CC1. The van der Waals surface area contributed by atoms with E-state index in [4.69, 9.17) is 0 Å². The smallest absolute Gasteiger partial charge is 0.220 e. The standard InChI is InChI=1S/C21H34N6O/c1-22-21(25-12-11-24-20(28)17-18-7-3-2-4-8-18)27-15-13-26(14-16-27)19-9-5-6-10-23-19/h5-6,9-10,18H,2-4,7-8,11-17H2,1H3,(H,22,25)(H,24,28). The predicted octanol–water partition coefficient (Wildman–Crippen LogP) is 1.87. The van der Waals surface area contributed by atoms with Crippen molar-refractivity contribution in [1.29, 1.82) is 0 Å². The number of pyridine rings is 1. The lowest BCUT2D eigenvalue weighted by Gasteiger charge is -2.37. The molecule has 7 heteroatoms. The van der Waals surface area contributed by atoms with Gasteiger partial charge in [-0.2, -0.15) is 0 Å². The van der Waals surface area contributed by atoms with Crippen molar-refractivity contribution in [3.63, 3.8) is 0 Å². The molecule has 0 unspecified atom stereocenters. The van der Waals surface area contributed by atoms with Crippen molar-refractivity contribution < 1.29 is 4.79 Å². The van der Waals surface area contributed by atoms with Gasteiger partial charge in [0.05, 0.1) is 0 Å². The molecule has 3 rings (SSSR count). The number of carbonyl (C=O) groups excluding carboxylic acids is 1. The van der Waals surface area contributed by atoms with Crippen molar-refractivity contribution in [2.24, 2.45) is 10.9 Å². The average molecular weight is 387 g/mol. The maximum absolute atomic E-state index is 12.1. The molecule has 0 spiro atoms. The highest BCUT2D eigenvalue weighted by Crippen LogP contribution is 2.25. The Labute approximate surface area is 168 Å². The topological polar surface area (TPSA) is 72.9 Å². The van der Waals surface area contributed by atoms with E-state index in [-0.39, 0.29) is 5.91 Å². The van der Waals surface area contributed by atoms with Gasteiger partial charge in [0.1, 0.15) is 5.82 Å². The van der Waals surface area contributed by atoms with Crippen LogP contribution in [0.5, 0.6) is 0 Å². The first-order chi connectivity index (χ1) is 13.8. The maximum atomic E-state index is 12.1. The summed E-state index contributed by atoms with van der Waals surface area (Å²) in [4.78, 5) is 25.5. The van der Waals surface area contributed by atoms with Crippen molar-refractivity contribution in [2.45, 2.75) is 38.5 Å². The third kappa shape index (κ3) is 6.11. The molecule has 1 saturated heterocycles. The van der Waals surface area contributed by atoms with Crippen LogP contribution in [0.1, 0.15) is 38.5 Å². The summed E-state index contributed by atoms with van der Waals surface area (Å²) in [5.74, 6) is 2.71. The number of anilines is 1. The monoisotopic (exact) mass is 386 g/mol. The predicted molar refractivity (Wildman–Crippen MR) is 114 cm³/mol. The lowest BCUT2D eigenvalue weighted by Crippen LogP contribution is -2.53. The number of hydrogen-bond donors (Lipinski definition) is 2. The second-order valence-corrected chi connectivity index (χ2v) is 7.69. The van der Waals surface area contributed by atoms with Crippen molar-refractivity contribution >= 4 is 17.7 Å². The second-order valence-electron chi connectivity index (χ2n) is 7.69. The van der Waals surface area contributed by atoms with Crippen molar-refractivity contribution in [3.8, 4) is 0 Å². The Hall–Kier alpha value is -2.31. The molecule has 1 saturated carbocycles. The molecular formula is C21H34N6O. The zero-order valence-electron chi connectivity index (χ0n) is 17.1. The highest BCUT2D eigenvalue weighted by Gasteiger charge is 2.20. The van der Waals surface area contributed by atoms with Crippen LogP contribution < -0.4 is 15.5 Å². The molecule has 1 aromatic rings. The molecule has 0 bridgehead atoms. The third-order valence-corrected chi connectivity index (χ3v) is 5.69. The van der Waals surface area contributed by atoms with Crippen LogP contribution in [-0.2, 0) is 4.79 Å². The minimum absolute atomic E-state index is 0.188. The summed E-state index contributed by atoms with van der Waals surface area (Å²) in [6.07, 6.45) is 8.84. The summed E-state index contributed by atoms with van der Waals surface area (Å²) in [5, 5.41) is 6.43. The third-order valence-electron chi connectivity index (χ3n) is 5.69. The van der Waals surface area contributed by atoms with E-state index in [0.29, 0.717) is 25.4 Å². The Morgan fingerprint density at radius 2 is 1.86 bits per heavy atom. The first-order valence-corrected chi connectivity index (χ1v) is 10.6. The van der Waals surface area contributed by atoms with E-state index in [2.05, 4.69) is 36.5 Å². The molecule has 0 atom stereocenters. The Bertz CT molecular complexity index is 621. The summed E-state index contributed by atoms with van der Waals surface area (Å²) in [6, 6.07) is 6.02. The molecule has 28 heavy (non-hydrogen) atoms. The minimum atomic E-state index is 0.188. The quantitative estimate of drug-likeness (QED) is 0.444. The van der Waals surface area contributed by atoms with Crippen molar-refractivity contribution in [2.75, 3.05) is 51.2 Å². The summed E-state index contributed by atoms with van der Waals surface area (Å²) in [6.45, 7) is 5.00. The van der Waals surface area contributed by atoms with Crippen LogP contribution in [0.3, 0.4) is 0 Å². The van der Waals surface area contributed by atoms with Gasteiger partial charge in [0, 0.05) is 58.9 Å². The van der Waals surface area contributed by atoms with E-state index >= 15 is 0 Å².